The molecule has 5 aliphatic heterocycles. The molecule has 6 aromatic rings. The molecule has 4 atom stereocenters. The van der Waals surface area contributed by atoms with E-state index in [2.05, 4.69) is 35.5 Å². The first-order valence-electron chi connectivity index (χ1n) is 24.9. The lowest BCUT2D eigenvalue weighted by molar-refractivity contribution is -0.141. The van der Waals surface area contributed by atoms with Crippen LogP contribution in [0.15, 0.2) is 97.3 Å². The third kappa shape index (κ3) is 12.2. The molecule has 0 unspecified atom stereocenters. The number of aliphatic hydroxyl groups is 2. The van der Waals surface area contributed by atoms with Gasteiger partial charge in [-0.1, -0.05) is 47.5 Å². The molecule has 2 aromatic carbocycles. The number of nitrogens with one attached hydrogen (secondary N) is 2. The minimum absolute atomic E-state index is 0.139. The fraction of sp³-hybridized carbons (Fsp3) is 0.358. The van der Waals surface area contributed by atoms with Gasteiger partial charge < -0.3 is 49.6 Å². The zero-order chi connectivity index (χ0) is 56.0. The van der Waals surface area contributed by atoms with Crippen LogP contribution in [0.3, 0.4) is 0 Å². The van der Waals surface area contributed by atoms with E-state index >= 15 is 0 Å². The van der Waals surface area contributed by atoms with Gasteiger partial charge in [0.25, 0.3) is 0 Å². The Labute approximate surface area is 457 Å². The maximum atomic E-state index is 13.6. The summed E-state index contributed by atoms with van der Waals surface area (Å²) in [6.07, 6.45) is -6.04. The Kier molecular flexibility index (Phi) is 15.4. The summed E-state index contributed by atoms with van der Waals surface area (Å²) in [6.45, 7) is 6.32. The van der Waals surface area contributed by atoms with Gasteiger partial charge in [-0.3, -0.25) is 9.80 Å². The molecule has 0 aliphatic carbocycles. The molecule has 18 nitrogen and oxygen atoms in total. The van der Waals surface area contributed by atoms with Gasteiger partial charge in [0.1, 0.15) is 25.4 Å². The molecule has 0 radical (unpaired) electrons. The predicted octanol–water partition coefficient (Wildman–Crippen LogP) is 10.2. The molecule has 4 bridgehead atoms. The van der Waals surface area contributed by atoms with E-state index in [0.717, 1.165) is 24.3 Å². The molecule has 3 saturated heterocycles. The highest BCUT2D eigenvalue weighted by Crippen LogP contribution is 2.46. The lowest BCUT2D eigenvalue weighted by Crippen LogP contribution is -2.48. The van der Waals surface area contributed by atoms with Gasteiger partial charge in [-0.05, 0) is 75.2 Å². The third-order valence-electron chi connectivity index (χ3n) is 13.5. The van der Waals surface area contributed by atoms with E-state index in [4.69, 9.17) is 47.3 Å². The van der Waals surface area contributed by atoms with Crippen LogP contribution in [-0.4, -0.2) is 125 Å². The first-order valence-corrected chi connectivity index (χ1v) is 25.6. The van der Waals surface area contributed by atoms with Crippen molar-refractivity contribution >= 4 is 69.6 Å². The summed E-state index contributed by atoms with van der Waals surface area (Å²) in [5.41, 5.74) is 1.16. The molecular weight excluding hydrogens is 1090 g/mol. The summed E-state index contributed by atoms with van der Waals surface area (Å²) in [6, 6.07) is 18.0. The normalized spacial score (nSPS) is 19.3. The minimum Gasteiger partial charge on any atom is -0.475 e. The van der Waals surface area contributed by atoms with Crippen molar-refractivity contribution in [1.29, 1.82) is 0 Å². The number of carbonyl (C=O) groups is 2. The number of amides is 4. The molecule has 0 spiro atoms. The van der Waals surface area contributed by atoms with Crippen molar-refractivity contribution < 1.29 is 65.1 Å². The molecule has 9 heterocycles. The van der Waals surface area contributed by atoms with Crippen LogP contribution in [0.1, 0.15) is 37.8 Å². The fourth-order valence-electron chi connectivity index (χ4n) is 9.77. The first kappa shape index (κ1) is 55.1. The number of hydrogen-bond donors (Lipinski definition) is 4. The van der Waals surface area contributed by atoms with Gasteiger partial charge in [-0.2, -0.15) is 26.3 Å². The number of halogens is 8. The van der Waals surface area contributed by atoms with E-state index in [9.17, 15) is 41.0 Å². The molecule has 3 fully saturated rings. The Balaban J connectivity index is 0.000000179. The minimum atomic E-state index is -4.53. The van der Waals surface area contributed by atoms with Crippen LogP contribution in [0.5, 0.6) is 11.8 Å². The number of aromatic nitrogens is 4. The van der Waals surface area contributed by atoms with Gasteiger partial charge in [0.2, 0.25) is 11.8 Å². The molecule has 26 heteroatoms. The van der Waals surface area contributed by atoms with Gasteiger partial charge >= 0.3 is 24.4 Å². The van der Waals surface area contributed by atoms with Crippen LogP contribution in [0.2, 0.25) is 10.0 Å². The topological polar surface area (TPSA) is 200 Å². The van der Waals surface area contributed by atoms with Gasteiger partial charge in [0.15, 0.2) is 17.4 Å². The summed E-state index contributed by atoms with van der Waals surface area (Å²) >= 11 is 13.0. The quantitative estimate of drug-likeness (QED) is 0.0893. The average molecular weight is 1140 g/mol. The summed E-state index contributed by atoms with van der Waals surface area (Å²) in [5.74, 6) is 0.564. The summed E-state index contributed by atoms with van der Waals surface area (Å²) in [5, 5.41) is 24.3. The lowest BCUT2D eigenvalue weighted by atomic mass is 10.1. The number of fused-ring (bicyclic) bond motifs is 8. The number of rotatable bonds is 11. The van der Waals surface area contributed by atoms with Crippen molar-refractivity contribution in [3.05, 3.63) is 118 Å². The van der Waals surface area contributed by atoms with Crippen molar-refractivity contribution in [1.82, 2.24) is 19.9 Å². The van der Waals surface area contributed by atoms with Gasteiger partial charge in [-0.25, -0.2) is 29.5 Å². The predicted molar refractivity (Wildman–Crippen MR) is 281 cm³/mol. The Morgan fingerprint density at radius 3 is 1.63 bits per heavy atom. The van der Waals surface area contributed by atoms with Crippen molar-refractivity contribution in [2.45, 2.75) is 69.1 Å². The number of ether oxygens (including phenoxy) is 4. The monoisotopic (exact) mass is 1140 g/mol. The zero-order valence-corrected chi connectivity index (χ0v) is 43.6. The van der Waals surface area contributed by atoms with Crippen LogP contribution in [0.4, 0.5) is 70.3 Å². The van der Waals surface area contributed by atoms with E-state index in [1.54, 1.807) is 35.2 Å². The second kappa shape index (κ2) is 22.1. The fourth-order valence-corrected chi connectivity index (χ4v) is 10.3. The number of nitrogens with zero attached hydrogens (tertiary/aromatic N) is 8. The highest BCUT2D eigenvalue weighted by atomic mass is 35.5. The number of urea groups is 2. The van der Waals surface area contributed by atoms with Crippen molar-refractivity contribution in [3.8, 4) is 34.3 Å². The van der Waals surface area contributed by atoms with Crippen molar-refractivity contribution in [2.75, 3.05) is 82.8 Å². The Hall–Kier alpha value is -7.22. The van der Waals surface area contributed by atoms with Gasteiger partial charge in [-0.15, -0.1) is 0 Å². The summed E-state index contributed by atoms with van der Waals surface area (Å²) < 4.78 is 102. The van der Waals surface area contributed by atoms with Crippen LogP contribution in [-0.2, 0) is 21.8 Å². The van der Waals surface area contributed by atoms with Crippen molar-refractivity contribution in [3.63, 3.8) is 0 Å². The lowest BCUT2D eigenvalue weighted by Gasteiger charge is -2.36. The highest BCUT2D eigenvalue weighted by molar-refractivity contribution is 6.34. The molecule has 4 amide bonds. The number of carbonyl (C=O) groups excluding carboxylic acids is 2. The summed E-state index contributed by atoms with van der Waals surface area (Å²) in [7, 11) is 0. The molecule has 4 aromatic heterocycles. The molecule has 11 rings (SSSR count). The third-order valence-corrected chi connectivity index (χ3v) is 14.1. The van der Waals surface area contributed by atoms with E-state index in [1.807, 2.05) is 18.7 Å². The van der Waals surface area contributed by atoms with Gasteiger partial charge in [0, 0.05) is 49.4 Å². The number of benzene rings is 2. The Morgan fingerprint density at radius 1 is 0.734 bits per heavy atom. The second-order valence-electron chi connectivity index (χ2n) is 19.5. The molecule has 0 saturated carbocycles. The van der Waals surface area contributed by atoms with Crippen LogP contribution >= 0.6 is 23.2 Å². The average Bonchev–Trinajstić information content (AvgIpc) is 4.31. The second-order valence-corrected chi connectivity index (χ2v) is 20.4. The van der Waals surface area contributed by atoms with E-state index in [-0.39, 0.29) is 69.8 Å². The number of hydrogen-bond acceptors (Lipinski definition) is 14. The van der Waals surface area contributed by atoms with E-state index in [1.165, 1.54) is 47.6 Å². The first-order chi connectivity index (χ1) is 37.6. The largest absolute Gasteiger partial charge is 0.475 e. The molecule has 416 valence electrons. The van der Waals surface area contributed by atoms with Crippen LogP contribution in [0, 0.1) is 0 Å². The van der Waals surface area contributed by atoms with E-state index in [0.29, 0.717) is 85.9 Å². The van der Waals surface area contributed by atoms with Crippen LogP contribution in [0.25, 0.3) is 22.5 Å². The SMILES string of the molecule is CC1(C)OC[C@@H](COc2ccc(NC(=O)N3c4nc(-c5cccc(C(F)(F)F)c5)c(Cl)cc4N4CC[C@H]3C4)cn2)O1.O=C(Nc1ccc(OC[C@@H](O)CO)nc1)N1c2nc(-c3cccc(C(F)(F)F)c3)c(Cl)cc2N2CC[C@H]1C2. The highest BCUT2D eigenvalue weighted by Gasteiger charge is 2.43. The Bertz CT molecular complexity index is 3240. The van der Waals surface area contributed by atoms with Crippen LogP contribution < -0.4 is 39.7 Å². The maximum absolute atomic E-state index is 13.6. The van der Waals surface area contributed by atoms with E-state index < -0.39 is 54.0 Å². The number of aliphatic hydroxyl groups excluding tert-OH is 2. The summed E-state index contributed by atoms with van der Waals surface area (Å²) in [4.78, 5) is 51.8. The molecule has 4 N–H and O–H groups in total. The number of anilines is 6. The number of alkyl halides is 6. The standard InChI is InChI=1S/C28H27ClF3N5O4.C25H23ClF3N5O4/c1-27(2)40-15-20(41-27)14-39-23-7-6-18(12-33-23)34-26(38)37-19-8-9-36(13-19)22-11-21(29)24(35-25(22)37)16-4-3-5-17(10-16)28(30,31)32;26-19-9-20-23(32-22(19)14-2-1-3-15(8-14)25(27,28)29)34(17-6-7-33(20)11-17)24(37)31-16-4-5-21(30-10-16)38-13-18(36)12-35/h3-7,10-12,19-20H,8-9,13-15H2,1-2H3,(H,34,38);1-5,8-10,17-18,35-36H,6-7,11-13H2,(H,31,37)/t19-,20+;17-,18-/m00/s1. The molecule has 5 aliphatic rings. The molecular formula is C53H50Cl2F6N10O8. The molecule has 79 heavy (non-hydrogen) atoms. The zero-order valence-electron chi connectivity index (χ0n) is 42.1. The smallest absolute Gasteiger partial charge is 0.416 e. The Morgan fingerprint density at radius 2 is 1.22 bits per heavy atom. The number of pyridine rings is 4. The van der Waals surface area contributed by atoms with Gasteiger partial charge in [0.05, 0.1) is 93.0 Å². The maximum Gasteiger partial charge on any atom is 0.416 e. The van der Waals surface area contributed by atoms with Crippen molar-refractivity contribution in [2.24, 2.45) is 0 Å².